The predicted octanol–water partition coefficient (Wildman–Crippen LogP) is 2.87. The lowest BCUT2D eigenvalue weighted by Gasteiger charge is -2.20. The fourth-order valence-electron chi connectivity index (χ4n) is 2.04. The molecule has 0 spiro atoms. The number of methoxy groups -OCH3 is 1. The Labute approximate surface area is 141 Å². The van der Waals surface area contributed by atoms with Gasteiger partial charge in [0.25, 0.3) is 11.8 Å². The second-order valence-electron chi connectivity index (χ2n) is 6.29. The van der Waals surface area contributed by atoms with Crippen molar-refractivity contribution in [2.45, 2.75) is 26.3 Å². The number of benzene rings is 1. The summed E-state index contributed by atoms with van der Waals surface area (Å²) in [6.45, 7) is 5.67. The van der Waals surface area contributed by atoms with E-state index >= 15 is 0 Å². The van der Waals surface area contributed by atoms with Gasteiger partial charge in [-0.2, -0.15) is 0 Å². The predicted molar refractivity (Wildman–Crippen MR) is 92.4 cm³/mol. The summed E-state index contributed by atoms with van der Waals surface area (Å²) in [6.07, 6.45) is 1.44. The number of para-hydroxylation sites is 2. The van der Waals surface area contributed by atoms with E-state index in [0.717, 1.165) is 0 Å². The minimum absolute atomic E-state index is 0.155. The Morgan fingerprint density at radius 3 is 2.46 bits per heavy atom. The standard InChI is InChI=1S/C18H21N3O3/c1-18(2,3)21-16(22)12-9-10-19-14(11-12)17(23)20-13-7-5-6-8-15(13)24-4/h5-11H,1-4H3,(H,20,23)(H,21,22). The highest BCUT2D eigenvalue weighted by Gasteiger charge is 2.17. The minimum Gasteiger partial charge on any atom is -0.495 e. The van der Waals surface area contributed by atoms with Crippen LogP contribution in [-0.4, -0.2) is 29.4 Å². The van der Waals surface area contributed by atoms with Crippen LogP contribution in [0.15, 0.2) is 42.6 Å². The van der Waals surface area contributed by atoms with Crippen molar-refractivity contribution in [2.24, 2.45) is 0 Å². The normalized spacial score (nSPS) is 10.8. The summed E-state index contributed by atoms with van der Waals surface area (Å²) in [5.74, 6) is -0.117. The largest absolute Gasteiger partial charge is 0.495 e. The lowest BCUT2D eigenvalue weighted by Crippen LogP contribution is -2.40. The third kappa shape index (κ3) is 4.55. The van der Waals surface area contributed by atoms with Crippen molar-refractivity contribution in [1.29, 1.82) is 0 Å². The summed E-state index contributed by atoms with van der Waals surface area (Å²) in [6, 6.07) is 10.1. The highest BCUT2D eigenvalue weighted by Crippen LogP contribution is 2.23. The molecule has 1 heterocycles. The zero-order chi connectivity index (χ0) is 17.7. The Morgan fingerprint density at radius 1 is 1.08 bits per heavy atom. The molecular formula is C18H21N3O3. The Balaban J connectivity index is 2.19. The van der Waals surface area contributed by atoms with Crippen LogP contribution in [0.25, 0.3) is 0 Å². The summed E-state index contributed by atoms with van der Waals surface area (Å²) >= 11 is 0. The molecule has 2 rings (SSSR count). The van der Waals surface area contributed by atoms with Crippen LogP contribution >= 0.6 is 0 Å². The number of amides is 2. The molecule has 6 heteroatoms. The van der Waals surface area contributed by atoms with Crippen LogP contribution in [0.3, 0.4) is 0 Å². The zero-order valence-electron chi connectivity index (χ0n) is 14.2. The monoisotopic (exact) mass is 327 g/mol. The zero-order valence-corrected chi connectivity index (χ0v) is 14.2. The molecular weight excluding hydrogens is 306 g/mol. The van der Waals surface area contributed by atoms with Crippen molar-refractivity contribution in [1.82, 2.24) is 10.3 Å². The number of carbonyl (C=O) groups is 2. The molecule has 0 bridgehead atoms. The highest BCUT2D eigenvalue weighted by molar-refractivity contribution is 6.05. The van der Waals surface area contributed by atoms with Crippen LogP contribution in [0.4, 0.5) is 5.69 Å². The number of anilines is 1. The van der Waals surface area contributed by atoms with E-state index in [0.29, 0.717) is 17.0 Å². The number of hydrogen-bond acceptors (Lipinski definition) is 4. The van der Waals surface area contributed by atoms with E-state index in [-0.39, 0.29) is 17.1 Å². The van der Waals surface area contributed by atoms with Crippen LogP contribution in [0.1, 0.15) is 41.6 Å². The molecule has 0 aliphatic heterocycles. The molecule has 1 aromatic carbocycles. The molecule has 0 saturated heterocycles. The van der Waals surface area contributed by atoms with E-state index in [9.17, 15) is 9.59 Å². The quantitative estimate of drug-likeness (QED) is 0.905. The van der Waals surface area contributed by atoms with E-state index < -0.39 is 5.91 Å². The average molecular weight is 327 g/mol. The molecule has 2 amide bonds. The first-order valence-electron chi connectivity index (χ1n) is 7.53. The molecule has 0 radical (unpaired) electrons. The summed E-state index contributed by atoms with van der Waals surface area (Å²) < 4.78 is 5.20. The topological polar surface area (TPSA) is 80.3 Å². The Kier molecular flexibility index (Phi) is 5.18. The maximum absolute atomic E-state index is 12.4. The Hall–Kier alpha value is -2.89. The number of carbonyl (C=O) groups excluding carboxylic acids is 2. The van der Waals surface area contributed by atoms with Crippen molar-refractivity contribution in [3.05, 3.63) is 53.9 Å². The van der Waals surface area contributed by atoms with Crippen molar-refractivity contribution < 1.29 is 14.3 Å². The van der Waals surface area contributed by atoms with Crippen LogP contribution in [0.2, 0.25) is 0 Å². The second-order valence-corrected chi connectivity index (χ2v) is 6.29. The second kappa shape index (κ2) is 7.12. The molecule has 0 unspecified atom stereocenters. The fraction of sp³-hybridized carbons (Fsp3) is 0.278. The van der Waals surface area contributed by atoms with E-state index in [4.69, 9.17) is 4.74 Å². The molecule has 2 N–H and O–H groups in total. The van der Waals surface area contributed by atoms with E-state index in [1.54, 1.807) is 24.3 Å². The summed E-state index contributed by atoms with van der Waals surface area (Å²) in [5.41, 5.74) is 0.712. The average Bonchev–Trinajstić information content (AvgIpc) is 2.54. The number of aromatic nitrogens is 1. The summed E-state index contributed by atoms with van der Waals surface area (Å²) in [5, 5.41) is 5.59. The van der Waals surface area contributed by atoms with Gasteiger partial charge in [0, 0.05) is 17.3 Å². The first-order valence-corrected chi connectivity index (χ1v) is 7.53. The number of rotatable bonds is 4. The number of ether oxygens (including phenoxy) is 1. The van der Waals surface area contributed by atoms with Crippen LogP contribution in [0.5, 0.6) is 5.75 Å². The molecule has 0 aliphatic rings. The lowest BCUT2D eigenvalue weighted by molar-refractivity contribution is 0.0919. The van der Waals surface area contributed by atoms with Gasteiger partial charge in [0.15, 0.2) is 0 Å². The van der Waals surface area contributed by atoms with E-state index in [1.165, 1.54) is 19.4 Å². The van der Waals surface area contributed by atoms with Gasteiger partial charge in [-0.1, -0.05) is 12.1 Å². The molecule has 1 aromatic heterocycles. The van der Waals surface area contributed by atoms with Crippen molar-refractivity contribution in [2.75, 3.05) is 12.4 Å². The van der Waals surface area contributed by atoms with E-state index in [1.807, 2.05) is 26.8 Å². The van der Waals surface area contributed by atoms with Crippen LogP contribution in [-0.2, 0) is 0 Å². The van der Waals surface area contributed by atoms with Gasteiger partial charge in [-0.15, -0.1) is 0 Å². The SMILES string of the molecule is COc1ccccc1NC(=O)c1cc(C(=O)NC(C)(C)C)ccn1. The van der Waals surface area contributed by atoms with Crippen LogP contribution < -0.4 is 15.4 Å². The molecule has 0 fully saturated rings. The number of nitrogens with one attached hydrogen (secondary N) is 2. The van der Waals surface area contributed by atoms with E-state index in [2.05, 4.69) is 15.6 Å². The van der Waals surface area contributed by atoms with Gasteiger partial charge < -0.3 is 15.4 Å². The number of nitrogens with zero attached hydrogens (tertiary/aromatic N) is 1. The van der Waals surface area contributed by atoms with Gasteiger partial charge in [0.1, 0.15) is 11.4 Å². The first kappa shape index (κ1) is 17.5. The number of hydrogen-bond donors (Lipinski definition) is 2. The fourth-order valence-corrected chi connectivity index (χ4v) is 2.04. The molecule has 0 aliphatic carbocycles. The van der Waals surface area contributed by atoms with Crippen molar-refractivity contribution >= 4 is 17.5 Å². The van der Waals surface area contributed by atoms with Gasteiger partial charge in [0.05, 0.1) is 12.8 Å². The Bertz CT molecular complexity index is 751. The minimum atomic E-state index is -0.412. The highest BCUT2D eigenvalue weighted by atomic mass is 16.5. The first-order chi connectivity index (χ1) is 11.3. The molecule has 0 atom stereocenters. The van der Waals surface area contributed by atoms with Gasteiger partial charge >= 0.3 is 0 Å². The third-order valence-electron chi connectivity index (χ3n) is 3.10. The summed E-state index contributed by atoms with van der Waals surface area (Å²) in [4.78, 5) is 28.6. The molecule has 126 valence electrons. The molecule has 0 saturated carbocycles. The third-order valence-corrected chi connectivity index (χ3v) is 3.10. The van der Waals surface area contributed by atoms with Gasteiger partial charge in [0.2, 0.25) is 0 Å². The molecule has 2 aromatic rings. The van der Waals surface area contributed by atoms with Gasteiger partial charge in [-0.3, -0.25) is 14.6 Å². The van der Waals surface area contributed by atoms with Crippen LogP contribution in [0, 0.1) is 0 Å². The van der Waals surface area contributed by atoms with Crippen molar-refractivity contribution in [3.8, 4) is 5.75 Å². The maximum atomic E-state index is 12.4. The lowest BCUT2D eigenvalue weighted by atomic mass is 10.1. The number of pyridine rings is 1. The smallest absolute Gasteiger partial charge is 0.274 e. The molecule has 24 heavy (non-hydrogen) atoms. The maximum Gasteiger partial charge on any atom is 0.274 e. The van der Waals surface area contributed by atoms with Gasteiger partial charge in [-0.05, 0) is 45.0 Å². The molecule has 6 nitrogen and oxygen atoms in total. The Morgan fingerprint density at radius 2 is 1.79 bits per heavy atom. The summed E-state index contributed by atoms with van der Waals surface area (Å²) in [7, 11) is 1.53. The van der Waals surface area contributed by atoms with Gasteiger partial charge in [-0.25, -0.2) is 0 Å². The van der Waals surface area contributed by atoms with Crippen molar-refractivity contribution in [3.63, 3.8) is 0 Å².